The lowest BCUT2D eigenvalue weighted by atomic mass is 10.1. The third-order valence-electron chi connectivity index (χ3n) is 4.82. The zero-order chi connectivity index (χ0) is 19.1. The summed E-state index contributed by atoms with van der Waals surface area (Å²) in [4.78, 5) is 14.7. The highest BCUT2D eigenvalue weighted by Gasteiger charge is 2.11. The average molecular weight is 367 g/mol. The van der Waals surface area contributed by atoms with Crippen LogP contribution in [-0.4, -0.2) is 31.6 Å². The summed E-state index contributed by atoms with van der Waals surface area (Å²) >= 11 is 0. The second kappa shape index (κ2) is 9.45. The van der Waals surface area contributed by atoms with Gasteiger partial charge in [-0.05, 0) is 81.5 Å². The van der Waals surface area contributed by atoms with Gasteiger partial charge in [0.05, 0.1) is 6.10 Å². The number of anilines is 1. The van der Waals surface area contributed by atoms with Crippen molar-refractivity contribution in [2.45, 2.75) is 45.6 Å². The first-order valence-electron chi connectivity index (χ1n) is 10.0. The maximum Gasteiger partial charge on any atom is 0.251 e. The molecule has 0 bridgehead atoms. The van der Waals surface area contributed by atoms with E-state index in [0.29, 0.717) is 12.1 Å². The number of carbonyl (C=O) groups is 1. The van der Waals surface area contributed by atoms with Crippen molar-refractivity contribution in [2.75, 3.05) is 24.5 Å². The van der Waals surface area contributed by atoms with E-state index in [1.165, 1.54) is 37.2 Å². The number of ether oxygens (including phenoxy) is 1. The van der Waals surface area contributed by atoms with Crippen LogP contribution >= 0.6 is 0 Å². The van der Waals surface area contributed by atoms with Crippen molar-refractivity contribution < 1.29 is 9.53 Å². The van der Waals surface area contributed by atoms with E-state index >= 15 is 0 Å². The van der Waals surface area contributed by atoms with Gasteiger partial charge in [0.2, 0.25) is 0 Å². The second-order valence-corrected chi connectivity index (χ2v) is 7.41. The van der Waals surface area contributed by atoms with Crippen LogP contribution in [0.3, 0.4) is 0 Å². The topological polar surface area (TPSA) is 41.6 Å². The maximum absolute atomic E-state index is 12.2. The van der Waals surface area contributed by atoms with Crippen LogP contribution in [0.2, 0.25) is 0 Å². The van der Waals surface area contributed by atoms with Gasteiger partial charge in [-0.3, -0.25) is 4.79 Å². The van der Waals surface area contributed by atoms with E-state index in [4.69, 9.17) is 4.74 Å². The number of carbonyl (C=O) groups excluding carboxylic acids is 1. The highest BCUT2D eigenvalue weighted by atomic mass is 16.5. The Bertz CT molecular complexity index is 717. The molecule has 2 aromatic carbocycles. The van der Waals surface area contributed by atoms with E-state index in [-0.39, 0.29) is 12.0 Å². The zero-order valence-corrected chi connectivity index (χ0v) is 16.4. The molecule has 0 atom stereocenters. The van der Waals surface area contributed by atoms with Gasteiger partial charge in [0.25, 0.3) is 5.91 Å². The van der Waals surface area contributed by atoms with Gasteiger partial charge < -0.3 is 15.0 Å². The van der Waals surface area contributed by atoms with Crippen LogP contribution in [0.4, 0.5) is 5.69 Å². The zero-order valence-electron chi connectivity index (χ0n) is 16.4. The van der Waals surface area contributed by atoms with Crippen molar-refractivity contribution in [1.29, 1.82) is 0 Å². The molecular weight excluding hydrogens is 336 g/mol. The van der Waals surface area contributed by atoms with Crippen molar-refractivity contribution in [3.05, 3.63) is 59.7 Å². The first-order chi connectivity index (χ1) is 13.1. The van der Waals surface area contributed by atoms with Crippen molar-refractivity contribution in [1.82, 2.24) is 5.32 Å². The van der Waals surface area contributed by atoms with Gasteiger partial charge in [0.1, 0.15) is 5.75 Å². The number of hydrogen-bond acceptors (Lipinski definition) is 3. The number of nitrogens with one attached hydrogen (secondary N) is 1. The Morgan fingerprint density at radius 3 is 2.33 bits per heavy atom. The van der Waals surface area contributed by atoms with Gasteiger partial charge in [-0.15, -0.1) is 0 Å². The van der Waals surface area contributed by atoms with E-state index in [9.17, 15) is 4.79 Å². The maximum atomic E-state index is 12.2. The minimum Gasteiger partial charge on any atom is -0.491 e. The number of benzene rings is 2. The van der Waals surface area contributed by atoms with E-state index < -0.39 is 0 Å². The molecule has 3 rings (SSSR count). The lowest BCUT2D eigenvalue weighted by molar-refractivity contribution is 0.0953. The van der Waals surface area contributed by atoms with E-state index in [1.807, 2.05) is 38.1 Å². The lowest BCUT2D eigenvalue weighted by Crippen LogP contribution is -2.24. The number of nitrogens with zero attached hydrogens (tertiary/aromatic N) is 1. The molecule has 4 heteroatoms. The molecule has 1 heterocycles. The predicted molar refractivity (Wildman–Crippen MR) is 111 cm³/mol. The summed E-state index contributed by atoms with van der Waals surface area (Å²) in [6, 6.07) is 16.2. The Morgan fingerprint density at radius 1 is 1.04 bits per heavy atom. The number of rotatable bonds is 8. The van der Waals surface area contributed by atoms with Crippen LogP contribution in [0.15, 0.2) is 48.5 Å². The summed E-state index contributed by atoms with van der Waals surface area (Å²) in [5, 5.41) is 3.00. The molecule has 144 valence electrons. The Hall–Kier alpha value is -2.49. The molecule has 1 aliphatic heterocycles. The molecule has 0 aliphatic carbocycles. The van der Waals surface area contributed by atoms with Gasteiger partial charge >= 0.3 is 0 Å². The van der Waals surface area contributed by atoms with Crippen LogP contribution in [0, 0.1) is 0 Å². The fraction of sp³-hybridized carbons (Fsp3) is 0.435. The van der Waals surface area contributed by atoms with Crippen molar-refractivity contribution in [2.24, 2.45) is 0 Å². The van der Waals surface area contributed by atoms with Gasteiger partial charge in [-0.25, -0.2) is 0 Å². The molecular formula is C23H30N2O2. The second-order valence-electron chi connectivity index (χ2n) is 7.41. The largest absolute Gasteiger partial charge is 0.491 e. The van der Waals surface area contributed by atoms with Gasteiger partial charge in [0, 0.05) is 30.9 Å². The Balaban J connectivity index is 1.39. The summed E-state index contributed by atoms with van der Waals surface area (Å²) in [5.41, 5.74) is 3.32. The quantitative estimate of drug-likeness (QED) is 0.703. The number of aryl methyl sites for hydroxylation is 1. The fourth-order valence-electron chi connectivity index (χ4n) is 3.40. The molecule has 0 saturated carbocycles. The fourth-order valence-corrected chi connectivity index (χ4v) is 3.40. The monoisotopic (exact) mass is 366 g/mol. The van der Waals surface area contributed by atoms with Gasteiger partial charge in [0.15, 0.2) is 0 Å². The number of hydrogen-bond donors (Lipinski definition) is 1. The molecule has 0 aromatic heterocycles. The van der Waals surface area contributed by atoms with Crippen LogP contribution in [-0.2, 0) is 6.42 Å². The molecule has 1 saturated heterocycles. The van der Waals surface area contributed by atoms with Gasteiger partial charge in [-0.1, -0.05) is 12.1 Å². The standard InChI is InChI=1S/C23H30N2O2/c1-18(2)27-22-13-9-20(10-14-22)23(26)24-15-5-6-19-7-11-21(12-8-19)25-16-3-4-17-25/h7-14,18H,3-6,15-17H2,1-2H3,(H,24,26). The highest BCUT2D eigenvalue weighted by molar-refractivity contribution is 5.94. The molecule has 0 spiro atoms. The van der Waals surface area contributed by atoms with Crippen LogP contribution in [0.25, 0.3) is 0 Å². The van der Waals surface area contributed by atoms with Crippen molar-refractivity contribution in [3.8, 4) is 5.75 Å². The summed E-state index contributed by atoms with van der Waals surface area (Å²) in [6.45, 7) is 7.00. The molecule has 2 aromatic rings. The third kappa shape index (κ3) is 5.75. The Morgan fingerprint density at radius 2 is 1.70 bits per heavy atom. The first-order valence-corrected chi connectivity index (χ1v) is 10.0. The van der Waals surface area contributed by atoms with Crippen LogP contribution in [0.1, 0.15) is 49.0 Å². The summed E-state index contributed by atoms with van der Waals surface area (Å²) in [5.74, 6) is 0.759. The predicted octanol–water partition coefficient (Wildman–Crippen LogP) is 4.44. The Kier molecular flexibility index (Phi) is 6.74. The van der Waals surface area contributed by atoms with Crippen LogP contribution in [0.5, 0.6) is 5.75 Å². The van der Waals surface area contributed by atoms with Crippen molar-refractivity contribution >= 4 is 11.6 Å². The minimum absolute atomic E-state index is 0.0320. The average Bonchev–Trinajstić information content (AvgIpc) is 3.20. The van der Waals surface area contributed by atoms with E-state index in [2.05, 4.69) is 34.5 Å². The molecule has 4 nitrogen and oxygen atoms in total. The SMILES string of the molecule is CC(C)Oc1ccc(C(=O)NCCCc2ccc(N3CCCC3)cc2)cc1. The molecule has 0 radical (unpaired) electrons. The third-order valence-corrected chi connectivity index (χ3v) is 4.82. The minimum atomic E-state index is -0.0320. The molecule has 27 heavy (non-hydrogen) atoms. The molecule has 1 fully saturated rings. The summed E-state index contributed by atoms with van der Waals surface area (Å²) < 4.78 is 5.60. The van der Waals surface area contributed by atoms with Crippen LogP contribution < -0.4 is 15.0 Å². The van der Waals surface area contributed by atoms with E-state index in [1.54, 1.807) is 0 Å². The first kappa shape index (κ1) is 19.3. The molecule has 1 amide bonds. The van der Waals surface area contributed by atoms with E-state index in [0.717, 1.165) is 18.6 Å². The summed E-state index contributed by atoms with van der Waals surface area (Å²) in [7, 11) is 0. The smallest absolute Gasteiger partial charge is 0.251 e. The highest BCUT2D eigenvalue weighted by Crippen LogP contribution is 2.20. The molecule has 1 aliphatic rings. The number of amides is 1. The summed E-state index contributed by atoms with van der Waals surface area (Å²) in [6.07, 6.45) is 4.64. The Labute approximate surface area is 162 Å². The normalized spacial score (nSPS) is 13.8. The molecule has 0 unspecified atom stereocenters. The molecule has 1 N–H and O–H groups in total. The van der Waals surface area contributed by atoms with Crippen molar-refractivity contribution in [3.63, 3.8) is 0 Å². The lowest BCUT2D eigenvalue weighted by Gasteiger charge is -2.17. The van der Waals surface area contributed by atoms with Gasteiger partial charge in [-0.2, -0.15) is 0 Å².